The first-order chi connectivity index (χ1) is 6.93. The number of unbranched alkanes of at least 4 members (excludes halogenated alkanes) is 2. The highest BCUT2D eigenvalue weighted by molar-refractivity contribution is 4.85. The maximum absolute atomic E-state index is 5.99. The van der Waals surface area contributed by atoms with E-state index in [1.165, 1.54) is 12.8 Å². The van der Waals surface area contributed by atoms with Crippen molar-refractivity contribution in [1.29, 1.82) is 0 Å². The minimum absolute atomic E-state index is 0.261. The Labute approximate surface area is 95.5 Å². The fourth-order valence-electron chi connectivity index (χ4n) is 1.43. The number of rotatable bonds is 8. The van der Waals surface area contributed by atoms with Crippen LogP contribution in [0.4, 0.5) is 0 Å². The van der Waals surface area contributed by atoms with Crippen LogP contribution in [0.2, 0.25) is 0 Å². The average Bonchev–Trinajstić information content (AvgIpc) is 2.23. The smallest absolute Gasteiger partial charge is 0.219 e. The topological polar surface area (TPSA) is 9.23 Å². The van der Waals surface area contributed by atoms with E-state index in [1.807, 2.05) is 6.08 Å². The van der Waals surface area contributed by atoms with E-state index in [9.17, 15) is 0 Å². The number of hydrogen-bond acceptors (Lipinski definition) is 1. The lowest BCUT2D eigenvalue weighted by Gasteiger charge is -2.43. The lowest BCUT2D eigenvalue weighted by Crippen LogP contribution is -2.58. The fourth-order valence-corrected chi connectivity index (χ4v) is 1.43. The first-order valence-corrected chi connectivity index (χ1v) is 6.04. The molecule has 0 N–H and O–H groups in total. The molecule has 1 unspecified atom stereocenters. The molecule has 0 aliphatic heterocycles. The zero-order chi connectivity index (χ0) is 11.9. The molecule has 2 heteroatoms. The summed E-state index contributed by atoms with van der Waals surface area (Å²) in [6, 6.07) is 0. The molecule has 0 rings (SSSR count). The molecule has 0 heterocycles. The average molecular weight is 214 g/mol. The molecule has 0 spiro atoms. The third-order valence-corrected chi connectivity index (χ3v) is 3.51. The second-order valence-electron chi connectivity index (χ2n) is 4.82. The van der Waals surface area contributed by atoms with Crippen LogP contribution in [-0.4, -0.2) is 37.5 Å². The largest absolute Gasteiger partial charge is 0.324 e. The first-order valence-electron chi connectivity index (χ1n) is 6.04. The maximum Gasteiger partial charge on any atom is 0.219 e. The predicted octanol–water partition coefficient (Wildman–Crippen LogP) is 3.19. The monoisotopic (exact) mass is 214 g/mol. The van der Waals surface area contributed by atoms with Crippen molar-refractivity contribution < 1.29 is 9.22 Å². The van der Waals surface area contributed by atoms with Gasteiger partial charge in [0.1, 0.15) is 0 Å². The van der Waals surface area contributed by atoms with Crippen LogP contribution in [-0.2, 0) is 4.74 Å². The van der Waals surface area contributed by atoms with Gasteiger partial charge in [0, 0.05) is 6.92 Å². The quantitative estimate of drug-likeness (QED) is 0.261. The van der Waals surface area contributed by atoms with Crippen LogP contribution < -0.4 is 0 Å². The van der Waals surface area contributed by atoms with Crippen molar-refractivity contribution in [3.63, 3.8) is 0 Å². The third-order valence-electron chi connectivity index (χ3n) is 3.51. The predicted molar refractivity (Wildman–Crippen MR) is 66.7 cm³/mol. The van der Waals surface area contributed by atoms with Crippen LogP contribution in [0.15, 0.2) is 12.7 Å². The van der Waals surface area contributed by atoms with Gasteiger partial charge in [-0.2, -0.15) is 0 Å². The molecule has 0 saturated heterocycles. The van der Waals surface area contributed by atoms with E-state index in [2.05, 4.69) is 41.4 Å². The SMILES string of the molecule is C=CC(C)(OCCCCC)[N+](C)(C)CC. The van der Waals surface area contributed by atoms with Crippen molar-refractivity contribution >= 4 is 0 Å². The van der Waals surface area contributed by atoms with Gasteiger partial charge in [-0.3, -0.25) is 4.48 Å². The van der Waals surface area contributed by atoms with Gasteiger partial charge < -0.3 is 4.74 Å². The van der Waals surface area contributed by atoms with E-state index in [0.717, 1.165) is 24.1 Å². The number of ether oxygens (including phenoxy) is 1. The van der Waals surface area contributed by atoms with Gasteiger partial charge in [0.2, 0.25) is 5.72 Å². The van der Waals surface area contributed by atoms with Crippen LogP contribution >= 0.6 is 0 Å². The van der Waals surface area contributed by atoms with Crippen LogP contribution in [0.5, 0.6) is 0 Å². The fraction of sp³-hybridized carbons (Fsp3) is 0.846. The molecule has 0 aromatic heterocycles. The molecule has 0 aromatic carbocycles. The highest BCUT2D eigenvalue weighted by atomic mass is 16.5. The Morgan fingerprint density at radius 2 is 1.87 bits per heavy atom. The Hall–Kier alpha value is -0.340. The van der Waals surface area contributed by atoms with Crippen LogP contribution in [0.25, 0.3) is 0 Å². The van der Waals surface area contributed by atoms with Crippen LogP contribution in [0, 0.1) is 0 Å². The molecule has 0 aromatic rings. The van der Waals surface area contributed by atoms with E-state index in [4.69, 9.17) is 4.74 Å². The van der Waals surface area contributed by atoms with Crippen molar-refractivity contribution in [1.82, 2.24) is 0 Å². The third kappa shape index (κ3) is 3.96. The molecule has 90 valence electrons. The molecule has 0 radical (unpaired) electrons. The Morgan fingerprint density at radius 1 is 1.27 bits per heavy atom. The van der Waals surface area contributed by atoms with Gasteiger partial charge in [-0.05, 0) is 19.4 Å². The molecule has 0 aliphatic carbocycles. The lowest BCUT2D eigenvalue weighted by atomic mass is 10.1. The van der Waals surface area contributed by atoms with Gasteiger partial charge in [0.05, 0.1) is 27.2 Å². The molecule has 0 saturated carbocycles. The summed E-state index contributed by atoms with van der Waals surface area (Å²) in [4.78, 5) is 0. The number of nitrogens with zero attached hydrogens (tertiary/aromatic N) is 1. The Bertz CT molecular complexity index is 189. The van der Waals surface area contributed by atoms with E-state index in [1.54, 1.807) is 0 Å². The summed E-state index contributed by atoms with van der Waals surface area (Å²) >= 11 is 0. The van der Waals surface area contributed by atoms with E-state index < -0.39 is 0 Å². The molecule has 0 amide bonds. The minimum Gasteiger partial charge on any atom is -0.324 e. The molecule has 0 bridgehead atoms. The van der Waals surface area contributed by atoms with Crippen molar-refractivity contribution in [3.05, 3.63) is 12.7 Å². The zero-order valence-corrected chi connectivity index (χ0v) is 11.2. The van der Waals surface area contributed by atoms with Gasteiger partial charge in [-0.25, -0.2) is 0 Å². The molecule has 2 nitrogen and oxygen atoms in total. The summed E-state index contributed by atoms with van der Waals surface area (Å²) in [7, 11) is 4.36. The summed E-state index contributed by atoms with van der Waals surface area (Å²) in [6.07, 6.45) is 5.55. The Balaban J connectivity index is 4.25. The highest BCUT2D eigenvalue weighted by Crippen LogP contribution is 2.23. The molecule has 15 heavy (non-hydrogen) atoms. The van der Waals surface area contributed by atoms with Gasteiger partial charge in [0.15, 0.2) is 0 Å². The molecular weight excluding hydrogens is 186 g/mol. The molecule has 0 fully saturated rings. The highest BCUT2D eigenvalue weighted by Gasteiger charge is 2.37. The number of hydrogen-bond donors (Lipinski definition) is 0. The molecule has 1 atom stereocenters. The second kappa shape index (κ2) is 6.29. The molecule has 0 aliphatic rings. The standard InChI is InChI=1S/C13H28NO/c1-7-10-11-12-15-13(4,8-2)14(5,6)9-3/h8H,2,7,9-12H2,1,3-6H3/q+1. The summed E-state index contributed by atoms with van der Waals surface area (Å²) < 4.78 is 6.81. The van der Waals surface area contributed by atoms with Crippen LogP contribution in [0.1, 0.15) is 40.0 Å². The first kappa shape index (κ1) is 14.7. The summed E-state index contributed by atoms with van der Waals surface area (Å²) in [6.45, 7) is 12.3. The maximum atomic E-state index is 5.99. The van der Waals surface area contributed by atoms with Crippen molar-refractivity contribution in [3.8, 4) is 0 Å². The summed E-state index contributed by atoms with van der Waals surface area (Å²) in [5.74, 6) is 0. The van der Waals surface area contributed by atoms with E-state index >= 15 is 0 Å². The van der Waals surface area contributed by atoms with Crippen LogP contribution in [0.3, 0.4) is 0 Å². The van der Waals surface area contributed by atoms with Crippen molar-refractivity contribution in [2.24, 2.45) is 0 Å². The minimum atomic E-state index is -0.261. The molecular formula is C13H28NO+. The summed E-state index contributed by atoms with van der Waals surface area (Å²) in [5.41, 5.74) is -0.261. The number of likely N-dealkylation sites (N-methyl/N-ethyl adjacent to an activating group) is 1. The van der Waals surface area contributed by atoms with Crippen molar-refractivity contribution in [2.75, 3.05) is 27.2 Å². The van der Waals surface area contributed by atoms with Crippen molar-refractivity contribution in [2.45, 2.75) is 45.8 Å². The van der Waals surface area contributed by atoms with Gasteiger partial charge in [0.25, 0.3) is 0 Å². The van der Waals surface area contributed by atoms with Gasteiger partial charge in [-0.15, -0.1) is 0 Å². The number of quaternary nitrogens is 1. The second-order valence-corrected chi connectivity index (χ2v) is 4.82. The summed E-state index contributed by atoms with van der Waals surface area (Å²) in [5, 5.41) is 0. The van der Waals surface area contributed by atoms with Gasteiger partial charge in [-0.1, -0.05) is 26.3 Å². The van der Waals surface area contributed by atoms with E-state index in [0.29, 0.717) is 0 Å². The lowest BCUT2D eigenvalue weighted by molar-refractivity contribution is -0.955. The van der Waals surface area contributed by atoms with Gasteiger partial charge >= 0.3 is 0 Å². The van der Waals surface area contributed by atoms with E-state index in [-0.39, 0.29) is 5.72 Å². The Kier molecular flexibility index (Phi) is 6.15. The normalized spacial score (nSPS) is 16.1. The Morgan fingerprint density at radius 3 is 2.27 bits per heavy atom. The zero-order valence-electron chi connectivity index (χ0n) is 11.2.